The van der Waals surface area contributed by atoms with Gasteiger partial charge in [-0.05, 0) is 12.1 Å². The van der Waals surface area contributed by atoms with Crippen LogP contribution in [0.3, 0.4) is 0 Å². The second kappa shape index (κ2) is 3.69. The number of hydrogen-bond acceptors (Lipinski definition) is 1. The van der Waals surface area contributed by atoms with Crippen molar-refractivity contribution in [2.24, 2.45) is 0 Å². The summed E-state index contributed by atoms with van der Waals surface area (Å²) in [5.74, 6) is -3.64. The summed E-state index contributed by atoms with van der Waals surface area (Å²) in [4.78, 5) is 10.4. The lowest BCUT2D eigenvalue weighted by molar-refractivity contribution is -0.140. The van der Waals surface area contributed by atoms with Crippen molar-refractivity contribution in [3.63, 3.8) is 0 Å². The van der Waals surface area contributed by atoms with Crippen LogP contribution >= 0.6 is 11.6 Å². The van der Waals surface area contributed by atoms with E-state index >= 15 is 0 Å². The van der Waals surface area contributed by atoms with Crippen molar-refractivity contribution >= 4 is 17.6 Å². The van der Waals surface area contributed by atoms with Crippen molar-refractivity contribution in [3.8, 4) is 0 Å². The molecule has 0 aromatic heterocycles. The van der Waals surface area contributed by atoms with Gasteiger partial charge < -0.3 is 5.11 Å². The van der Waals surface area contributed by atoms with Crippen LogP contribution in [0, 0.1) is 5.82 Å². The van der Waals surface area contributed by atoms with Crippen molar-refractivity contribution in [3.05, 3.63) is 34.1 Å². The molecule has 0 saturated carbocycles. The van der Waals surface area contributed by atoms with Crippen LogP contribution in [-0.4, -0.2) is 11.1 Å². The maximum absolute atomic E-state index is 13.0. The van der Waals surface area contributed by atoms with E-state index < -0.39 is 34.1 Å². The van der Waals surface area contributed by atoms with Gasteiger partial charge in [-0.1, -0.05) is 11.6 Å². The third-order valence-electron chi connectivity index (χ3n) is 1.57. The highest BCUT2D eigenvalue weighted by Crippen LogP contribution is 2.34. The molecule has 0 atom stereocenters. The third-order valence-corrected chi connectivity index (χ3v) is 1.79. The molecule has 0 amide bonds. The van der Waals surface area contributed by atoms with E-state index in [4.69, 9.17) is 16.7 Å². The van der Waals surface area contributed by atoms with Crippen LogP contribution in [0.5, 0.6) is 0 Å². The minimum atomic E-state index is -4.97. The minimum Gasteiger partial charge on any atom is -0.478 e. The van der Waals surface area contributed by atoms with Gasteiger partial charge in [-0.3, -0.25) is 0 Å². The van der Waals surface area contributed by atoms with Gasteiger partial charge in [-0.15, -0.1) is 0 Å². The number of carboxylic acids is 1. The normalized spacial score (nSPS) is 11.5. The quantitative estimate of drug-likeness (QED) is 0.768. The van der Waals surface area contributed by atoms with E-state index in [0.29, 0.717) is 12.1 Å². The zero-order chi connectivity index (χ0) is 11.8. The molecule has 0 aliphatic carbocycles. The standard InChI is InChI=1S/C8H3ClF4O2/c9-3-1-4(7(14)15)6(10)5(2-3)8(11,12)13/h1-2H,(H,14,15). The molecule has 0 aliphatic heterocycles. The first kappa shape index (κ1) is 11.8. The van der Waals surface area contributed by atoms with Gasteiger partial charge in [-0.25, -0.2) is 9.18 Å². The molecule has 15 heavy (non-hydrogen) atoms. The molecule has 0 spiro atoms. The van der Waals surface area contributed by atoms with Gasteiger partial charge in [-0.2, -0.15) is 13.2 Å². The lowest BCUT2D eigenvalue weighted by atomic mass is 10.1. The SMILES string of the molecule is O=C(O)c1cc(Cl)cc(C(F)(F)F)c1F. The van der Waals surface area contributed by atoms with E-state index in [0.717, 1.165) is 0 Å². The highest BCUT2D eigenvalue weighted by atomic mass is 35.5. The summed E-state index contributed by atoms with van der Waals surface area (Å²) in [5.41, 5.74) is -2.79. The van der Waals surface area contributed by atoms with Crippen LogP contribution in [0.25, 0.3) is 0 Å². The Balaban J connectivity index is 3.49. The van der Waals surface area contributed by atoms with Gasteiger partial charge in [0.05, 0.1) is 11.1 Å². The van der Waals surface area contributed by atoms with E-state index in [1.807, 2.05) is 0 Å². The number of halogens is 5. The molecule has 0 bridgehead atoms. The lowest BCUT2D eigenvalue weighted by Crippen LogP contribution is -2.12. The third kappa shape index (κ3) is 2.38. The molecule has 7 heteroatoms. The summed E-state index contributed by atoms with van der Waals surface area (Å²) in [6.07, 6.45) is -4.97. The van der Waals surface area contributed by atoms with Crippen LogP contribution in [0.4, 0.5) is 17.6 Å². The van der Waals surface area contributed by atoms with Crippen molar-refractivity contribution in [2.45, 2.75) is 6.18 Å². The first-order valence-electron chi connectivity index (χ1n) is 3.53. The van der Waals surface area contributed by atoms with E-state index in [2.05, 4.69) is 0 Å². The second-order valence-electron chi connectivity index (χ2n) is 2.62. The van der Waals surface area contributed by atoms with Gasteiger partial charge in [0.2, 0.25) is 0 Å². The highest BCUT2D eigenvalue weighted by molar-refractivity contribution is 6.31. The van der Waals surface area contributed by atoms with E-state index in [1.165, 1.54) is 0 Å². The highest BCUT2D eigenvalue weighted by Gasteiger charge is 2.36. The van der Waals surface area contributed by atoms with Crippen LogP contribution in [0.2, 0.25) is 5.02 Å². The smallest absolute Gasteiger partial charge is 0.419 e. The molecule has 2 nitrogen and oxygen atoms in total. The molecular formula is C8H3ClF4O2. The molecule has 0 radical (unpaired) electrons. The number of hydrogen-bond donors (Lipinski definition) is 1. The predicted octanol–water partition coefficient (Wildman–Crippen LogP) is 3.20. The predicted molar refractivity (Wildman–Crippen MR) is 43.4 cm³/mol. The Hall–Kier alpha value is -1.30. The molecule has 1 rings (SSSR count). The van der Waals surface area contributed by atoms with E-state index in [1.54, 1.807) is 0 Å². The Morgan fingerprint density at radius 1 is 1.33 bits per heavy atom. The minimum absolute atomic E-state index is 0.337. The molecule has 0 fully saturated rings. The fourth-order valence-corrected chi connectivity index (χ4v) is 1.17. The Morgan fingerprint density at radius 2 is 1.87 bits per heavy atom. The van der Waals surface area contributed by atoms with Crippen molar-refractivity contribution < 1.29 is 27.5 Å². The van der Waals surface area contributed by atoms with Crippen LogP contribution < -0.4 is 0 Å². The summed E-state index contributed by atoms with van der Waals surface area (Å²) < 4.78 is 49.6. The zero-order valence-corrected chi connectivity index (χ0v) is 7.66. The summed E-state index contributed by atoms with van der Waals surface area (Å²) in [5, 5.41) is 7.93. The molecule has 0 saturated heterocycles. The van der Waals surface area contributed by atoms with Gasteiger partial charge in [0.15, 0.2) is 0 Å². The summed E-state index contributed by atoms with van der Waals surface area (Å²) >= 11 is 5.24. The Labute approximate surface area is 86.1 Å². The summed E-state index contributed by atoms with van der Waals surface area (Å²) in [6, 6.07) is 0.956. The van der Waals surface area contributed by atoms with Crippen molar-refractivity contribution in [2.75, 3.05) is 0 Å². The van der Waals surface area contributed by atoms with Crippen LogP contribution in [0.15, 0.2) is 12.1 Å². The topological polar surface area (TPSA) is 37.3 Å². The molecular weight excluding hydrogens is 240 g/mol. The number of alkyl halides is 3. The lowest BCUT2D eigenvalue weighted by Gasteiger charge is -2.09. The Kier molecular flexibility index (Phi) is 2.90. The average Bonchev–Trinajstić information content (AvgIpc) is 2.06. The molecule has 0 unspecified atom stereocenters. The molecule has 1 N–H and O–H groups in total. The largest absolute Gasteiger partial charge is 0.478 e. The van der Waals surface area contributed by atoms with Crippen molar-refractivity contribution in [1.82, 2.24) is 0 Å². The second-order valence-corrected chi connectivity index (χ2v) is 3.05. The molecule has 82 valence electrons. The van der Waals surface area contributed by atoms with Gasteiger partial charge >= 0.3 is 12.1 Å². The zero-order valence-electron chi connectivity index (χ0n) is 6.90. The van der Waals surface area contributed by atoms with E-state index in [-0.39, 0.29) is 0 Å². The van der Waals surface area contributed by atoms with Crippen molar-refractivity contribution in [1.29, 1.82) is 0 Å². The Morgan fingerprint density at radius 3 is 2.27 bits per heavy atom. The molecule has 0 aliphatic rings. The number of carbonyl (C=O) groups is 1. The number of benzene rings is 1. The molecule has 1 aromatic carbocycles. The van der Waals surface area contributed by atoms with E-state index in [9.17, 15) is 22.4 Å². The number of rotatable bonds is 1. The van der Waals surface area contributed by atoms with Crippen LogP contribution in [-0.2, 0) is 6.18 Å². The monoisotopic (exact) mass is 242 g/mol. The number of carboxylic acid groups (broad SMARTS) is 1. The molecule has 1 aromatic rings. The van der Waals surface area contributed by atoms with Gasteiger partial charge in [0, 0.05) is 5.02 Å². The maximum atomic E-state index is 13.0. The Bertz CT molecular complexity index is 414. The van der Waals surface area contributed by atoms with Crippen LogP contribution in [0.1, 0.15) is 15.9 Å². The first-order chi connectivity index (χ1) is 6.73. The average molecular weight is 243 g/mol. The summed E-state index contributed by atoms with van der Waals surface area (Å²) in [6.45, 7) is 0. The van der Waals surface area contributed by atoms with Gasteiger partial charge in [0.1, 0.15) is 5.82 Å². The fourth-order valence-electron chi connectivity index (χ4n) is 0.951. The fraction of sp³-hybridized carbons (Fsp3) is 0.125. The summed E-state index contributed by atoms with van der Waals surface area (Å²) in [7, 11) is 0. The first-order valence-corrected chi connectivity index (χ1v) is 3.91. The van der Waals surface area contributed by atoms with Gasteiger partial charge in [0.25, 0.3) is 0 Å². The molecule has 0 heterocycles. The number of aromatic carboxylic acids is 1. The maximum Gasteiger partial charge on any atom is 0.419 e.